The minimum Gasteiger partial charge on any atom is -0.461 e. The summed E-state index contributed by atoms with van der Waals surface area (Å²) in [5.74, 6) is -4.44. The Balaban J connectivity index is 2.32. The molecule has 2 N–H and O–H groups in total. The number of rotatable bonds is 8. The average molecular weight is 683 g/mol. The highest BCUT2D eigenvalue weighted by atomic mass is 16.6. The van der Waals surface area contributed by atoms with E-state index in [9.17, 15) is 34.2 Å². The summed E-state index contributed by atoms with van der Waals surface area (Å²) in [5.41, 5.74) is 0.861. The molecule has 49 heavy (non-hydrogen) atoms. The minimum atomic E-state index is -1.48. The molecular formula is C37H46O12. The first-order valence-corrected chi connectivity index (χ1v) is 16.0. The molecule has 2 aliphatic rings. The van der Waals surface area contributed by atoms with E-state index in [4.69, 9.17) is 23.7 Å². The van der Waals surface area contributed by atoms with Crippen LogP contribution in [0.5, 0.6) is 0 Å². The molecule has 6 unspecified atom stereocenters. The van der Waals surface area contributed by atoms with Crippen molar-refractivity contribution in [3.8, 4) is 0 Å². The van der Waals surface area contributed by atoms with Crippen molar-refractivity contribution in [2.75, 3.05) is 6.61 Å². The standard InChI is InChI=1S/C37H46O12/c1-20-29(42)18-32(49-33(44)15-14-26-12-10-9-11-13-26)27(19-45-22(3)38)16-30(43)28-17-31(46-23(4)39)21(2)34(37(28,7)8)36(48-25(6)41)35(20)47-24(5)40/h9-16,28-32,36,42-43H,17-19H2,1-8H3. The molecule has 3 rings (SSSR count). The number of esters is 5. The zero-order chi connectivity index (χ0) is 36.6. The maximum Gasteiger partial charge on any atom is 0.331 e. The molecule has 2 aliphatic carbocycles. The SMILES string of the molecule is CC(=O)OCC1=CC(O)C2CC(OC(C)=O)C(C)=C(C(OC(C)=O)C(OC(C)=O)=C(C)C(O)CC1OC(=O)C=Cc1ccccc1)C2(C)C. The molecule has 1 aromatic rings. The number of fused-ring (bicyclic) bond motifs is 2. The van der Waals surface area contributed by atoms with Crippen LogP contribution in [0.2, 0.25) is 0 Å². The Morgan fingerprint density at radius 1 is 0.816 bits per heavy atom. The third-order valence-corrected chi connectivity index (χ3v) is 8.79. The number of aliphatic hydroxyl groups is 2. The van der Waals surface area contributed by atoms with Crippen LogP contribution in [0.15, 0.2) is 70.5 Å². The van der Waals surface area contributed by atoms with Crippen molar-refractivity contribution in [2.45, 2.75) is 98.8 Å². The Kier molecular flexibility index (Phi) is 13.3. The van der Waals surface area contributed by atoms with Gasteiger partial charge in [-0.05, 0) is 60.1 Å². The van der Waals surface area contributed by atoms with Crippen molar-refractivity contribution in [3.63, 3.8) is 0 Å². The van der Waals surface area contributed by atoms with Gasteiger partial charge in [-0.2, -0.15) is 0 Å². The number of ether oxygens (including phenoxy) is 5. The highest BCUT2D eigenvalue weighted by Crippen LogP contribution is 2.51. The van der Waals surface area contributed by atoms with Gasteiger partial charge in [-0.1, -0.05) is 44.2 Å². The lowest BCUT2D eigenvalue weighted by molar-refractivity contribution is -0.152. The second-order valence-corrected chi connectivity index (χ2v) is 12.8. The van der Waals surface area contributed by atoms with E-state index >= 15 is 0 Å². The van der Waals surface area contributed by atoms with Gasteiger partial charge in [-0.3, -0.25) is 19.2 Å². The fourth-order valence-corrected chi connectivity index (χ4v) is 6.43. The molecule has 6 atom stereocenters. The lowest BCUT2D eigenvalue weighted by Crippen LogP contribution is -2.48. The van der Waals surface area contributed by atoms with Gasteiger partial charge >= 0.3 is 29.8 Å². The Morgan fingerprint density at radius 2 is 1.45 bits per heavy atom. The summed E-state index contributed by atoms with van der Waals surface area (Å²) in [5, 5.41) is 23.6. The van der Waals surface area contributed by atoms with Gasteiger partial charge in [0.1, 0.15) is 18.8 Å². The Bertz CT molecular complexity index is 1550. The van der Waals surface area contributed by atoms with Crippen LogP contribution < -0.4 is 0 Å². The summed E-state index contributed by atoms with van der Waals surface area (Å²) in [7, 11) is 0. The van der Waals surface area contributed by atoms with E-state index in [0.717, 1.165) is 12.5 Å². The van der Waals surface area contributed by atoms with Crippen LogP contribution in [0.3, 0.4) is 0 Å². The zero-order valence-electron chi connectivity index (χ0n) is 29.2. The fraction of sp³-hybridized carbons (Fsp3) is 0.486. The lowest BCUT2D eigenvalue weighted by atomic mass is 9.60. The molecule has 12 heteroatoms. The Hall–Kier alpha value is -4.55. The molecule has 0 saturated carbocycles. The number of carbonyl (C=O) groups is 5. The predicted octanol–water partition coefficient (Wildman–Crippen LogP) is 4.29. The molecule has 0 heterocycles. The van der Waals surface area contributed by atoms with Crippen LogP contribution in [-0.4, -0.2) is 77.2 Å². The van der Waals surface area contributed by atoms with E-state index in [0.29, 0.717) is 11.1 Å². The molecule has 0 spiro atoms. The van der Waals surface area contributed by atoms with E-state index in [1.165, 1.54) is 39.8 Å². The number of carbonyl (C=O) groups excluding carboxylic acids is 5. The number of hydrogen-bond donors (Lipinski definition) is 2. The third kappa shape index (κ3) is 10.2. The highest BCUT2D eigenvalue weighted by molar-refractivity contribution is 5.87. The molecular weight excluding hydrogens is 636 g/mol. The fourth-order valence-electron chi connectivity index (χ4n) is 6.43. The first-order valence-electron chi connectivity index (χ1n) is 16.0. The first-order chi connectivity index (χ1) is 22.9. The van der Waals surface area contributed by atoms with Crippen LogP contribution in [0.25, 0.3) is 6.08 Å². The summed E-state index contributed by atoms with van der Waals surface area (Å²) in [4.78, 5) is 62.5. The summed E-state index contributed by atoms with van der Waals surface area (Å²) < 4.78 is 28.3. The van der Waals surface area contributed by atoms with Crippen molar-refractivity contribution in [2.24, 2.45) is 11.3 Å². The van der Waals surface area contributed by atoms with Gasteiger partial charge in [0, 0.05) is 51.7 Å². The maximum absolute atomic E-state index is 13.2. The van der Waals surface area contributed by atoms with Crippen molar-refractivity contribution < 1.29 is 57.9 Å². The monoisotopic (exact) mass is 682 g/mol. The molecule has 0 aromatic heterocycles. The Morgan fingerprint density at radius 3 is 2.02 bits per heavy atom. The molecule has 266 valence electrons. The molecule has 12 nitrogen and oxygen atoms in total. The van der Waals surface area contributed by atoms with Gasteiger partial charge in [0.15, 0.2) is 11.9 Å². The summed E-state index contributed by atoms with van der Waals surface area (Å²) in [6.45, 7) is 11.2. The molecule has 0 radical (unpaired) electrons. The van der Waals surface area contributed by atoms with Crippen molar-refractivity contribution in [1.82, 2.24) is 0 Å². The molecule has 0 amide bonds. The molecule has 0 aliphatic heterocycles. The molecule has 0 fully saturated rings. The predicted molar refractivity (Wildman–Crippen MR) is 177 cm³/mol. The van der Waals surface area contributed by atoms with Crippen LogP contribution in [0, 0.1) is 11.3 Å². The molecule has 0 saturated heterocycles. The van der Waals surface area contributed by atoms with E-state index < -0.39 is 78.3 Å². The van der Waals surface area contributed by atoms with E-state index in [-0.39, 0.29) is 29.7 Å². The summed E-state index contributed by atoms with van der Waals surface area (Å²) in [6.07, 6.45) is -2.36. The summed E-state index contributed by atoms with van der Waals surface area (Å²) >= 11 is 0. The third-order valence-electron chi connectivity index (χ3n) is 8.79. The lowest BCUT2D eigenvalue weighted by Gasteiger charge is -2.48. The molecule has 1 aromatic carbocycles. The second kappa shape index (κ2) is 16.7. The van der Waals surface area contributed by atoms with Crippen LogP contribution in [0.1, 0.15) is 73.8 Å². The average Bonchev–Trinajstić information content (AvgIpc) is 3.00. The minimum absolute atomic E-state index is 0.0811. The van der Waals surface area contributed by atoms with Crippen molar-refractivity contribution in [1.29, 1.82) is 0 Å². The highest BCUT2D eigenvalue weighted by Gasteiger charge is 2.50. The van der Waals surface area contributed by atoms with E-state index in [1.807, 2.05) is 6.07 Å². The largest absolute Gasteiger partial charge is 0.461 e. The van der Waals surface area contributed by atoms with Gasteiger partial charge in [0.05, 0.1) is 12.2 Å². The van der Waals surface area contributed by atoms with Crippen molar-refractivity contribution >= 4 is 35.9 Å². The second-order valence-electron chi connectivity index (χ2n) is 12.8. The van der Waals surface area contributed by atoms with Gasteiger partial charge in [-0.15, -0.1) is 0 Å². The number of aliphatic hydroxyl groups excluding tert-OH is 2. The summed E-state index contributed by atoms with van der Waals surface area (Å²) in [6, 6.07) is 9.00. The van der Waals surface area contributed by atoms with Crippen LogP contribution in [-0.2, 0) is 47.7 Å². The van der Waals surface area contributed by atoms with Gasteiger partial charge in [-0.25, -0.2) is 4.79 Å². The van der Waals surface area contributed by atoms with Gasteiger partial charge in [0.25, 0.3) is 0 Å². The number of benzene rings is 1. The van der Waals surface area contributed by atoms with Crippen LogP contribution in [0.4, 0.5) is 0 Å². The maximum atomic E-state index is 13.2. The quantitative estimate of drug-likeness (QED) is 0.173. The Labute approximate surface area is 286 Å². The van der Waals surface area contributed by atoms with Crippen molar-refractivity contribution in [3.05, 3.63) is 76.1 Å². The topological polar surface area (TPSA) is 172 Å². The molecule has 2 bridgehead atoms. The smallest absolute Gasteiger partial charge is 0.331 e. The van der Waals surface area contributed by atoms with E-state index in [1.54, 1.807) is 51.1 Å². The zero-order valence-corrected chi connectivity index (χ0v) is 29.2. The van der Waals surface area contributed by atoms with Gasteiger partial charge < -0.3 is 33.9 Å². The normalized spacial score (nSPS) is 25.7. The first kappa shape index (κ1) is 38.9. The van der Waals surface area contributed by atoms with E-state index in [2.05, 4.69) is 0 Å². The van der Waals surface area contributed by atoms with Crippen LogP contribution >= 0.6 is 0 Å². The number of hydrogen-bond acceptors (Lipinski definition) is 12. The van der Waals surface area contributed by atoms with Gasteiger partial charge in [0.2, 0.25) is 0 Å².